The molecule has 0 atom stereocenters. The van der Waals surface area contributed by atoms with Crippen molar-refractivity contribution in [3.05, 3.63) is 116 Å². The Labute approximate surface area is 292 Å². The van der Waals surface area contributed by atoms with Crippen LogP contribution >= 0.6 is 31.9 Å². The molecule has 0 saturated carbocycles. The highest BCUT2D eigenvalue weighted by atomic mass is 79.9. The molecule has 8 nitrogen and oxygen atoms in total. The first-order valence-corrected chi connectivity index (χ1v) is 16.7. The van der Waals surface area contributed by atoms with Gasteiger partial charge in [-0.1, -0.05) is 48.5 Å². The maximum absolute atomic E-state index is 11.9. The van der Waals surface area contributed by atoms with Crippen molar-refractivity contribution in [2.45, 2.75) is 12.8 Å². The maximum Gasteiger partial charge on any atom is 0.309 e. The van der Waals surface area contributed by atoms with Gasteiger partial charge in [0.15, 0.2) is 0 Å². The summed E-state index contributed by atoms with van der Waals surface area (Å²) >= 11 is 7.64. The highest BCUT2D eigenvalue weighted by Gasteiger charge is 2.18. The van der Waals surface area contributed by atoms with E-state index in [-0.39, 0.29) is 24.8 Å². The van der Waals surface area contributed by atoms with Gasteiger partial charge in [0.1, 0.15) is 0 Å². The molecule has 0 aliphatic carbocycles. The lowest BCUT2D eigenvalue weighted by Gasteiger charge is -2.07. The van der Waals surface area contributed by atoms with Crippen LogP contribution in [0.1, 0.15) is 33.9 Å². The van der Waals surface area contributed by atoms with Crippen molar-refractivity contribution in [1.29, 1.82) is 0 Å². The second-order valence-corrected chi connectivity index (χ2v) is 12.9. The predicted octanol–water partition coefficient (Wildman–Crippen LogP) is 8.95. The summed E-state index contributed by atoms with van der Waals surface area (Å²) in [7, 11) is 2.78. The molecule has 10 heteroatoms. The number of H-pyrrole nitrogens is 2. The molecule has 5 heterocycles. The van der Waals surface area contributed by atoms with E-state index >= 15 is 0 Å². The van der Waals surface area contributed by atoms with Crippen LogP contribution in [0.3, 0.4) is 0 Å². The molecule has 8 bridgehead atoms. The fourth-order valence-corrected chi connectivity index (χ4v) is 6.70. The summed E-state index contributed by atoms with van der Waals surface area (Å²) in [6.45, 7) is 0. The van der Waals surface area contributed by atoms with E-state index in [0.29, 0.717) is 0 Å². The third-order valence-electron chi connectivity index (χ3n) is 8.26. The molecule has 0 fully saturated rings. The molecule has 5 aromatic rings. The second kappa shape index (κ2) is 13.2. The van der Waals surface area contributed by atoms with Crippen molar-refractivity contribution in [3.63, 3.8) is 0 Å². The first-order chi connectivity index (χ1) is 23.3. The maximum atomic E-state index is 11.9. The van der Waals surface area contributed by atoms with Crippen molar-refractivity contribution in [2.24, 2.45) is 0 Å². The van der Waals surface area contributed by atoms with Crippen molar-refractivity contribution in [3.8, 4) is 22.3 Å². The average molecular weight is 764 g/mol. The van der Waals surface area contributed by atoms with Gasteiger partial charge in [-0.2, -0.15) is 0 Å². The Bertz CT molecular complexity index is 2220. The number of carbonyl (C=O) groups excluding carboxylic acids is 2. The number of methoxy groups -OCH3 is 2. The molecule has 0 spiro atoms. The minimum atomic E-state index is -0.288. The molecular formula is C38H28Br2N4O4. The molecule has 7 rings (SSSR count). The monoisotopic (exact) mass is 762 g/mol. The number of aromatic amines is 2. The van der Waals surface area contributed by atoms with E-state index in [4.69, 9.17) is 19.4 Å². The topological polar surface area (TPSA) is 110 Å². The molecule has 48 heavy (non-hydrogen) atoms. The number of aromatic nitrogens is 4. The molecule has 0 saturated heterocycles. The normalized spacial score (nSPS) is 11.9. The Morgan fingerprint density at radius 1 is 0.542 bits per heavy atom. The van der Waals surface area contributed by atoms with E-state index in [9.17, 15) is 9.59 Å². The first-order valence-electron chi connectivity index (χ1n) is 15.1. The van der Waals surface area contributed by atoms with Crippen LogP contribution in [-0.4, -0.2) is 46.1 Å². The Balaban J connectivity index is 1.46. The van der Waals surface area contributed by atoms with E-state index < -0.39 is 0 Å². The van der Waals surface area contributed by atoms with E-state index in [2.05, 4.69) is 41.8 Å². The highest BCUT2D eigenvalue weighted by Crippen LogP contribution is 2.36. The zero-order valence-electron chi connectivity index (χ0n) is 25.9. The molecule has 2 N–H and O–H groups in total. The van der Waals surface area contributed by atoms with Crippen molar-refractivity contribution >= 4 is 90.2 Å². The van der Waals surface area contributed by atoms with Gasteiger partial charge in [-0.15, -0.1) is 0 Å². The highest BCUT2D eigenvalue weighted by molar-refractivity contribution is 9.11. The van der Waals surface area contributed by atoms with Crippen LogP contribution in [0.2, 0.25) is 0 Å². The minimum absolute atomic E-state index is 0.198. The number of hydrogen-bond donors (Lipinski definition) is 2. The zero-order chi connectivity index (χ0) is 33.4. The minimum Gasteiger partial charge on any atom is -0.469 e. The third-order valence-corrected chi connectivity index (χ3v) is 9.93. The van der Waals surface area contributed by atoms with E-state index in [1.807, 2.05) is 97.1 Å². The van der Waals surface area contributed by atoms with Gasteiger partial charge in [-0.25, -0.2) is 9.97 Å². The Kier molecular flexibility index (Phi) is 8.68. The summed E-state index contributed by atoms with van der Waals surface area (Å²) in [6.07, 6.45) is 8.36. The van der Waals surface area contributed by atoms with Gasteiger partial charge < -0.3 is 19.4 Å². The van der Waals surface area contributed by atoms with Crippen molar-refractivity contribution in [2.75, 3.05) is 14.2 Å². The molecule has 238 valence electrons. The van der Waals surface area contributed by atoms with Gasteiger partial charge >= 0.3 is 11.9 Å². The summed E-state index contributed by atoms with van der Waals surface area (Å²) in [5, 5.41) is 0. The van der Waals surface area contributed by atoms with Crippen LogP contribution in [0.25, 0.3) is 68.6 Å². The Morgan fingerprint density at radius 3 is 1.33 bits per heavy atom. The number of hydrogen-bond acceptors (Lipinski definition) is 6. The largest absolute Gasteiger partial charge is 0.469 e. The first kappa shape index (κ1) is 31.5. The van der Waals surface area contributed by atoms with E-state index in [0.717, 1.165) is 87.2 Å². The smallest absolute Gasteiger partial charge is 0.309 e. The summed E-state index contributed by atoms with van der Waals surface area (Å²) in [4.78, 5) is 41.0. The number of fused-ring (bicyclic) bond motifs is 8. The number of rotatable bonds is 6. The second-order valence-electron chi connectivity index (χ2n) is 11.3. The van der Waals surface area contributed by atoms with Gasteiger partial charge in [-0.3, -0.25) is 9.59 Å². The molecule has 0 unspecified atom stereocenters. The van der Waals surface area contributed by atoms with Crippen LogP contribution < -0.4 is 0 Å². The molecule has 3 aromatic heterocycles. The molecule has 2 aromatic carbocycles. The molecule has 0 amide bonds. The van der Waals surface area contributed by atoms with Crippen molar-refractivity contribution < 1.29 is 19.1 Å². The van der Waals surface area contributed by atoms with Crippen LogP contribution in [0.15, 0.2) is 81.7 Å². The molecule has 0 radical (unpaired) electrons. The van der Waals surface area contributed by atoms with Crippen LogP contribution in [0, 0.1) is 0 Å². The SMILES string of the molecule is COC(=O)Cc1ccc(-c2c3nc(c(Br)c4ccc([nH]4)c(-c4ccc(CC(=O)OC)cc4)c4ccc([nH]4)c(Br)c4nc2C=C4)C=C3)cc1. The van der Waals surface area contributed by atoms with Crippen LogP contribution in [-0.2, 0) is 31.9 Å². The van der Waals surface area contributed by atoms with Gasteiger partial charge in [0.05, 0.1) is 69.8 Å². The zero-order valence-corrected chi connectivity index (χ0v) is 29.1. The standard InChI is InChI=1S/C38H28Br2N4O4/c1-47-33(45)19-21-3-7-23(8-4-21)35-25-11-15-29(41-25)37(39)31-17-13-27(43-31)36(24-9-5-22(6-10-24)20-34(46)48-2)28-14-18-32(44-28)38(40)30-16-12-26(35)42-30/h3-18,41-42H,19-20H2,1-2H3. The van der Waals surface area contributed by atoms with E-state index in [1.54, 1.807) is 0 Å². The molecule has 2 aliphatic heterocycles. The molecular weight excluding hydrogens is 736 g/mol. The number of nitrogens with zero attached hydrogens (tertiary/aromatic N) is 2. The average Bonchev–Trinajstić information content (AvgIpc) is 3.94. The number of esters is 2. The lowest BCUT2D eigenvalue weighted by molar-refractivity contribution is -0.140. The fourth-order valence-electron chi connectivity index (χ4n) is 5.80. The van der Waals surface area contributed by atoms with E-state index in [1.165, 1.54) is 14.2 Å². The summed E-state index contributed by atoms with van der Waals surface area (Å²) in [5.41, 5.74) is 12.1. The summed E-state index contributed by atoms with van der Waals surface area (Å²) in [5.74, 6) is -0.570. The third kappa shape index (κ3) is 6.16. The Morgan fingerprint density at radius 2 is 0.917 bits per heavy atom. The lowest BCUT2D eigenvalue weighted by Crippen LogP contribution is -2.04. The number of halogens is 2. The van der Waals surface area contributed by atoms with Gasteiger partial charge in [-0.05, 0) is 103 Å². The Hall–Kier alpha value is -5.06. The summed E-state index contributed by atoms with van der Waals surface area (Å²) in [6, 6.07) is 23.9. The predicted molar refractivity (Wildman–Crippen MR) is 197 cm³/mol. The molecule has 2 aliphatic rings. The lowest BCUT2D eigenvalue weighted by atomic mass is 10.00. The number of carbonyl (C=O) groups is 2. The number of nitrogens with one attached hydrogen (secondary N) is 2. The fraction of sp³-hybridized carbons (Fsp3) is 0.105. The van der Waals surface area contributed by atoms with Crippen LogP contribution in [0.5, 0.6) is 0 Å². The number of ether oxygens (including phenoxy) is 2. The van der Waals surface area contributed by atoms with Crippen LogP contribution in [0.4, 0.5) is 0 Å². The van der Waals surface area contributed by atoms with Gasteiger partial charge in [0, 0.05) is 22.2 Å². The van der Waals surface area contributed by atoms with Gasteiger partial charge in [0.2, 0.25) is 0 Å². The van der Waals surface area contributed by atoms with Gasteiger partial charge in [0.25, 0.3) is 0 Å². The summed E-state index contributed by atoms with van der Waals surface area (Å²) < 4.78 is 11.3. The van der Waals surface area contributed by atoms with Crippen molar-refractivity contribution in [1.82, 2.24) is 19.9 Å². The quantitative estimate of drug-likeness (QED) is 0.164. The number of benzene rings is 2.